The molecule has 4 heteroatoms. The minimum Gasteiger partial charge on any atom is -0.348 e. The van der Waals surface area contributed by atoms with Gasteiger partial charge in [-0.2, -0.15) is 0 Å². The molecule has 0 saturated carbocycles. The average molecular weight is 325 g/mol. The first-order valence-electron chi connectivity index (χ1n) is 5.43. The van der Waals surface area contributed by atoms with Crippen molar-refractivity contribution in [3.05, 3.63) is 69.2 Å². The molecule has 0 heterocycles. The lowest BCUT2D eigenvalue weighted by atomic mass is 10.2. The highest BCUT2D eigenvalue weighted by atomic mass is 79.9. The van der Waals surface area contributed by atoms with Crippen molar-refractivity contribution in [2.75, 3.05) is 0 Å². The normalized spacial score (nSPS) is 10.1. The molecule has 2 aromatic rings. The maximum absolute atomic E-state index is 11.9. The predicted molar refractivity (Wildman–Crippen MR) is 76.8 cm³/mol. The summed E-state index contributed by atoms with van der Waals surface area (Å²) in [5.74, 6) is -0.137. The van der Waals surface area contributed by atoms with Crippen LogP contribution in [0.25, 0.3) is 0 Å². The molecule has 0 atom stereocenters. The zero-order valence-corrected chi connectivity index (χ0v) is 11.8. The third-order valence-electron chi connectivity index (χ3n) is 2.42. The van der Waals surface area contributed by atoms with Crippen LogP contribution in [-0.2, 0) is 6.54 Å². The maximum atomic E-state index is 11.9. The van der Waals surface area contributed by atoms with Crippen molar-refractivity contribution >= 4 is 33.4 Å². The number of carbonyl (C=O) groups excluding carboxylic acids is 1. The predicted octanol–water partition coefficient (Wildman–Crippen LogP) is 4.03. The van der Waals surface area contributed by atoms with E-state index in [0.717, 1.165) is 10.0 Å². The second-order valence-corrected chi connectivity index (χ2v) is 5.18. The van der Waals surface area contributed by atoms with Crippen LogP contribution in [0.15, 0.2) is 53.0 Å². The number of hydrogen-bond acceptors (Lipinski definition) is 1. The van der Waals surface area contributed by atoms with Crippen LogP contribution >= 0.6 is 27.5 Å². The van der Waals surface area contributed by atoms with Gasteiger partial charge in [-0.1, -0.05) is 57.9 Å². The van der Waals surface area contributed by atoms with Gasteiger partial charge in [0.2, 0.25) is 0 Å². The molecule has 2 rings (SSSR count). The molecule has 0 saturated heterocycles. The Labute approximate surface area is 119 Å². The Morgan fingerprint density at radius 1 is 1.17 bits per heavy atom. The molecule has 0 fully saturated rings. The first kappa shape index (κ1) is 13.1. The minimum absolute atomic E-state index is 0.137. The molecular weight excluding hydrogens is 314 g/mol. The highest BCUT2D eigenvalue weighted by Gasteiger charge is 2.07. The van der Waals surface area contributed by atoms with Gasteiger partial charge < -0.3 is 5.32 Å². The average Bonchev–Trinajstić information content (AvgIpc) is 2.36. The van der Waals surface area contributed by atoms with Crippen LogP contribution in [0, 0.1) is 0 Å². The van der Waals surface area contributed by atoms with E-state index in [4.69, 9.17) is 11.6 Å². The van der Waals surface area contributed by atoms with Gasteiger partial charge in [-0.15, -0.1) is 0 Å². The van der Waals surface area contributed by atoms with Gasteiger partial charge in [0.25, 0.3) is 5.91 Å². The third-order valence-corrected chi connectivity index (χ3v) is 3.10. The fourth-order valence-corrected chi connectivity index (χ4v) is 2.43. The van der Waals surface area contributed by atoms with Crippen molar-refractivity contribution in [3.8, 4) is 0 Å². The van der Waals surface area contributed by atoms with Gasteiger partial charge in [0, 0.05) is 21.6 Å². The van der Waals surface area contributed by atoms with Crippen molar-refractivity contribution in [1.82, 2.24) is 5.32 Å². The Hall–Kier alpha value is -1.32. The number of carbonyl (C=O) groups is 1. The molecule has 1 amide bonds. The summed E-state index contributed by atoms with van der Waals surface area (Å²) >= 11 is 9.21. The van der Waals surface area contributed by atoms with Gasteiger partial charge >= 0.3 is 0 Å². The molecule has 0 radical (unpaired) electrons. The van der Waals surface area contributed by atoms with Crippen LogP contribution in [0.4, 0.5) is 0 Å². The summed E-state index contributed by atoms with van der Waals surface area (Å²) in [6.07, 6.45) is 0. The number of benzene rings is 2. The first-order chi connectivity index (χ1) is 8.65. The van der Waals surface area contributed by atoms with E-state index >= 15 is 0 Å². The van der Waals surface area contributed by atoms with Crippen LogP contribution in [0.3, 0.4) is 0 Å². The van der Waals surface area contributed by atoms with Crippen molar-refractivity contribution in [2.45, 2.75) is 6.54 Å². The second kappa shape index (κ2) is 6.03. The molecule has 0 unspecified atom stereocenters. The summed E-state index contributed by atoms with van der Waals surface area (Å²) in [6, 6.07) is 14.9. The van der Waals surface area contributed by atoms with Crippen molar-refractivity contribution in [1.29, 1.82) is 0 Å². The molecule has 0 aromatic heterocycles. The van der Waals surface area contributed by atoms with E-state index in [1.54, 1.807) is 18.2 Å². The fourth-order valence-electron chi connectivity index (χ4n) is 1.57. The van der Waals surface area contributed by atoms with Gasteiger partial charge in [0.1, 0.15) is 0 Å². The second-order valence-electron chi connectivity index (χ2n) is 3.83. The van der Waals surface area contributed by atoms with E-state index in [1.165, 1.54) is 0 Å². The largest absolute Gasteiger partial charge is 0.348 e. The maximum Gasteiger partial charge on any atom is 0.251 e. The molecule has 2 nitrogen and oxygen atoms in total. The van der Waals surface area contributed by atoms with E-state index in [1.807, 2.05) is 30.3 Å². The van der Waals surface area contributed by atoms with Crippen LogP contribution in [0.5, 0.6) is 0 Å². The number of nitrogens with one attached hydrogen (secondary N) is 1. The molecule has 0 aliphatic rings. The van der Waals surface area contributed by atoms with Crippen molar-refractivity contribution in [3.63, 3.8) is 0 Å². The molecule has 0 bridgehead atoms. The minimum atomic E-state index is -0.137. The molecule has 1 N–H and O–H groups in total. The Kier molecular flexibility index (Phi) is 4.39. The lowest BCUT2D eigenvalue weighted by molar-refractivity contribution is 0.0951. The van der Waals surface area contributed by atoms with E-state index in [-0.39, 0.29) is 5.91 Å². The van der Waals surface area contributed by atoms with Crippen molar-refractivity contribution < 1.29 is 4.79 Å². The zero-order valence-electron chi connectivity index (χ0n) is 9.49. The Morgan fingerprint density at radius 3 is 2.56 bits per heavy atom. The lowest BCUT2D eigenvalue weighted by Crippen LogP contribution is -2.22. The summed E-state index contributed by atoms with van der Waals surface area (Å²) in [5, 5.41) is 3.39. The standard InChI is InChI=1S/C14H11BrClNO/c15-12-6-11(7-13(16)8-12)14(18)17-9-10-4-2-1-3-5-10/h1-8H,9H2,(H,17,18). The van der Waals surface area contributed by atoms with Crippen LogP contribution in [0.1, 0.15) is 15.9 Å². The van der Waals surface area contributed by atoms with Crippen LogP contribution in [0.2, 0.25) is 5.02 Å². The summed E-state index contributed by atoms with van der Waals surface area (Å²) in [7, 11) is 0. The molecule has 0 aliphatic heterocycles. The molecule has 0 aliphatic carbocycles. The van der Waals surface area contributed by atoms with E-state index in [2.05, 4.69) is 21.2 Å². The van der Waals surface area contributed by atoms with Gasteiger partial charge in [0.05, 0.1) is 0 Å². The number of amides is 1. The third kappa shape index (κ3) is 3.59. The highest BCUT2D eigenvalue weighted by Crippen LogP contribution is 2.19. The van der Waals surface area contributed by atoms with Gasteiger partial charge in [0.15, 0.2) is 0 Å². The summed E-state index contributed by atoms with van der Waals surface area (Å²) in [6.45, 7) is 0.504. The lowest BCUT2D eigenvalue weighted by Gasteiger charge is -2.06. The summed E-state index contributed by atoms with van der Waals surface area (Å²) < 4.78 is 0.792. The molecular formula is C14H11BrClNO. The number of hydrogen-bond donors (Lipinski definition) is 1. The number of halogens is 2. The highest BCUT2D eigenvalue weighted by molar-refractivity contribution is 9.10. The number of rotatable bonds is 3. The molecule has 2 aromatic carbocycles. The van der Waals surface area contributed by atoms with E-state index < -0.39 is 0 Å². The van der Waals surface area contributed by atoms with Gasteiger partial charge in [-0.25, -0.2) is 0 Å². The van der Waals surface area contributed by atoms with Crippen LogP contribution in [-0.4, -0.2) is 5.91 Å². The van der Waals surface area contributed by atoms with Crippen LogP contribution < -0.4 is 5.32 Å². The Bertz CT molecular complexity index is 537. The Balaban J connectivity index is 2.04. The van der Waals surface area contributed by atoms with E-state index in [0.29, 0.717) is 17.1 Å². The SMILES string of the molecule is O=C(NCc1ccccc1)c1cc(Cl)cc(Br)c1. The molecule has 18 heavy (non-hydrogen) atoms. The first-order valence-corrected chi connectivity index (χ1v) is 6.60. The molecule has 0 spiro atoms. The topological polar surface area (TPSA) is 29.1 Å². The Morgan fingerprint density at radius 2 is 1.89 bits per heavy atom. The smallest absolute Gasteiger partial charge is 0.251 e. The fraction of sp³-hybridized carbons (Fsp3) is 0.0714. The quantitative estimate of drug-likeness (QED) is 0.907. The molecule has 92 valence electrons. The van der Waals surface area contributed by atoms with Crippen molar-refractivity contribution in [2.24, 2.45) is 0 Å². The summed E-state index contributed by atoms with van der Waals surface area (Å²) in [4.78, 5) is 11.9. The zero-order chi connectivity index (χ0) is 13.0. The summed E-state index contributed by atoms with van der Waals surface area (Å²) in [5.41, 5.74) is 1.61. The monoisotopic (exact) mass is 323 g/mol. The van der Waals surface area contributed by atoms with E-state index in [9.17, 15) is 4.79 Å². The van der Waals surface area contributed by atoms with Gasteiger partial charge in [-0.05, 0) is 23.8 Å². The van der Waals surface area contributed by atoms with Gasteiger partial charge in [-0.3, -0.25) is 4.79 Å².